The third kappa shape index (κ3) is 2.18. The lowest BCUT2D eigenvalue weighted by atomic mass is 9.81. The number of Topliss-reactive ketones (excluding diaryl/α,β-unsaturated/α-hetero) is 2. The quantitative estimate of drug-likeness (QED) is 0.827. The van der Waals surface area contributed by atoms with Gasteiger partial charge in [-0.2, -0.15) is 0 Å². The van der Waals surface area contributed by atoms with Crippen LogP contribution in [0.15, 0.2) is 29.3 Å². The second-order valence-corrected chi connectivity index (χ2v) is 5.08. The Labute approximate surface area is 111 Å². The molecule has 1 aromatic rings. The van der Waals surface area contributed by atoms with E-state index >= 15 is 0 Å². The number of nitrogens with one attached hydrogen (secondary N) is 1. The molecule has 3 rings (SSSR count). The summed E-state index contributed by atoms with van der Waals surface area (Å²) in [4.78, 5) is 28.7. The highest BCUT2D eigenvalue weighted by Gasteiger charge is 2.35. The number of nitrogens with zero attached hydrogens (tertiary/aromatic N) is 1. The molecule has 0 aromatic heterocycles. The van der Waals surface area contributed by atoms with Crippen molar-refractivity contribution in [2.24, 2.45) is 10.9 Å². The number of hydrogen-bond donors (Lipinski definition) is 1. The first kappa shape index (κ1) is 12.1. The molecular formula is C15H16N2O2. The van der Waals surface area contributed by atoms with Gasteiger partial charge in [-0.05, 0) is 18.9 Å². The van der Waals surface area contributed by atoms with Gasteiger partial charge in [-0.15, -0.1) is 0 Å². The minimum atomic E-state index is -0.524. The summed E-state index contributed by atoms with van der Waals surface area (Å²) in [5.41, 5.74) is 1.77. The van der Waals surface area contributed by atoms with Crippen molar-refractivity contribution >= 4 is 23.6 Å². The number of benzene rings is 1. The molecule has 4 heteroatoms. The maximum absolute atomic E-state index is 12.6. The Hall–Kier alpha value is -1.97. The van der Waals surface area contributed by atoms with E-state index in [9.17, 15) is 9.59 Å². The maximum atomic E-state index is 12.6. The maximum Gasteiger partial charge on any atom is 0.172 e. The van der Waals surface area contributed by atoms with Crippen molar-refractivity contribution in [3.63, 3.8) is 0 Å². The first-order valence-electron chi connectivity index (χ1n) is 6.71. The van der Waals surface area contributed by atoms with Crippen LogP contribution in [0.25, 0.3) is 0 Å². The van der Waals surface area contributed by atoms with Crippen molar-refractivity contribution in [2.75, 3.05) is 5.32 Å². The molecule has 2 aliphatic rings. The van der Waals surface area contributed by atoms with E-state index in [-0.39, 0.29) is 11.6 Å². The van der Waals surface area contributed by atoms with Crippen LogP contribution >= 0.6 is 0 Å². The zero-order valence-electron chi connectivity index (χ0n) is 10.6. The molecular weight excluding hydrogens is 240 g/mol. The SMILES string of the molecule is O=C1CCCCC1C(=O)C1N=CNc2ccccc21. The van der Waals surface area contributed by atoms with Crippen LogP contribution in [0, 0.1) is 5.92 Å². The van der Waals surface area contributed by atoms with E-state index in [2.05, 4.69) is 10.3 Å². The molecule has 0 radical (unpaired) electrons. The smallest absolute Gasteiger partial charge is 0.172 e. The Kier molecular flexibility index (Phi) is 3.15. The van der Waals surface area contributed by atoms with Crippen LogP contribution in [0.2, 0.25) is 0 Å². The average Bonchev–Trinajstić information content (AvgIpc) is 2.46. The van der Waals surface area contributed by atoms with Gasteiger partial charge in [-0.1, -0.05) is 24.6 Å². The third-order valence-corrected chi connectivity index (χ3v) is 3.87. The topological polar surface area (TPSA) is 58.5 Å². The fourth-order valence-electron chi connectivity index (χ4n) is 2.83. The Balaban J connectivity index is 1.89. The molecule has 1 N–H and O–H groups in total. The molecule has 2 unspecified atom stereocenters. The Morgan fingerprint density at radius 1 is 1.26 bits per heavy atom. The molecule has 98 valence electrons. The van der Waals surface area contributed by atoms with Crippen LogP contribution in [-0.2, 0) is 9.59 Å². The molecule has 0 spiro atoms. The van der Waals surface area contributed by atoms with Crippen LogP contribution in [0.4, 0.5) is 5.69 Å². The van der Waals surface area contributed by atoms with Gasteiger partial charge in [0, 0.05) is 17.7 Å². The van der Waals surface area contributed by atoms with E-state index in [1.165, 1.54) is 0 Å². The molecule has 0 amide bonds. The molecule has 1 fully saturated rings. The summed E-state index contributed by atoms with van der Waals surface area (Å²) >= 11 is 0. The highest BCUT2D eigenvalue weighted by atomic mass is 16.2. The zero-order valence-corrected chi connectivity index (χ0v) is 10.6. The number of rotatable bonds is 2. The largest absolute Gasteiger partial charge is 0.346 e. The molecule has 19 heavy (non-hydrogen) atoms. The van der Waals surface area contributed by atoms with Gasteiger partial charge in [0.25, 0.3) is 0 Å². The van der Waals surface area contributed by atoms with Gasteiger partial charge in [0.2, 0.25) is 0 Å². The van der Waals surface area contributed by atoms with Gasteiger partial charge < -0.3 is 5.32 Å². The van der Waals surface area contributed by atoms with Crippen LogP contribution in [0.1, 0.15) is 37.3 Å². The second kappa shape index (κ2) is 4.96. The Morgan fingerprint density at radius 3 is 2.95 bits per heavy atom. The first-order chi connectivity index (χ1) is 9.27. The lowest BCUT2D eigenvalue weighted by molar-refractivity contribution is -0.135. The van der Waals surface area contributed by atoms with Gasteiger partial charge in [0.1, 0.15) is 11.8 Å². The highest BCUT2D eigenvalue weighted by molar-refractivity contribution is 6.07. The van der Waals surface area contributed by atoms with Crippen molar-refractivity contribution < 1.29 is 9.59 Å². The van der Waals surface area contributed by atoms with Crippen molar-refractivity contribution in [1.82, 2.24) is 0 Å². The number of para-hydroxylation sites is 1. The van der Waals surface area contributed by atoms with Gasteiger partial charge in [-0.3, -0.25) is 14.6 Å². The molecule has 4 nitrogen and oxygen atoms in total. The number of carbonyl (C=O) groups is 2. The van der Waals surface area contributed by atoms with E-state index in [1.54, 1.807) is 6.34 Å². The molecule has 0 bridgehead atoms. The van der Waals surface area contributed by atoms with Crippen molar-refractivity contribution in [1.29, 1.82) is 0 Å². The third-order valence-electron chi connectivity index (χ3n) is 3.87. The highest BCUT2D eigenvalue weighted by Crippen LogP contribution is 2.33. The van der Waals surface area contributed by atoms with E-state index < -0.39 is 12.0 Å². The van der Waals surface area contributed by atoms with E-state index in [4.69, 9.17) is 0 Å². The lowest BCUT2D eigenvalue weighted by Gasteiger charge is -2.25. The van der Waals surface area contributed by atoms with E-state index in [1.807, 2.05) is 24.3 Å². The van der Waals surface area contributed by atoms with Crippen LogP contribution in [0.5, 0.6) is 0 Å². The number of ketones is 2. The van der Waals surface area contributed by atoms with Gasteiger partial charge in [0.15, 0.2) is 5.78 Å². The Bertz CT molecular complexity index is 551. The van der Waals surface area contributed by atoms with Crippen molar-refractivity contribution in [3.05, 3.63) is 29.8 Å². The average molecular weight is 256 g/mol. The zero-order chi connectivity index (χ0) is 13.2. The fourth-order valence-corrected chi connectivity index (χ4v) is 2.83. The van der Waals surface area contributed by atoms with Gasteiger partial charge in [0.05, 0.1) is 12.3 Å². The molecule has 1 aromatic carbocycles. The number of hydrogen-bond acceptors (Lipinski definition) is 4. The minimum Gasteiger partial charge on any atom is -0.346 e. The summed E-state index contributed by atoms with van der Waals surface area (Å²) in [7, 11) is 0. The Morgan fingerprint density at radius 2 is 2.11 bits per heavy atom. The molecule has 1 saturated carbocycles. The summed E-state index contributed by atoms with van der Waals surface area (Å²) in [5, 5.41) is 3.03. The standard InChI is InChI=1S/C15H16N2O2/c18-13-8-4-2-6-11(13)15(19)14-10-5-1-3-7-12(10)16-9-17-14/h1,3,5,7,9,11,14H,2,4,6,8H2,(H,16,17). The molecule has 2 atom stereocenters. The summed E-state index contributed by atoms with van der Waals surface area (Å²) in [6.07, 6.45) is 4.64. The summed E-state index contributed by atoms with van der Waals surface area (Å²) in [6.45, 7) is 0. The fraction of sp³-hybridized carbons (Fsp3) is 0.400. The molecule has 1 heterocycles. The summed E-state index contributed by atoms with van der Waals surface area (Å²) in [6, 6.07) is 7.10. The van der Waals surface area contributed by atoms with Crippen LogP contribution in [0.3, 0.4) is 0 Å². The van der Waals surface area contributed by atoms with Gasteiger partial charge in [-0.25, -0.2) is 0 Å². The van der Waals surface area contributed by atoms with Crippen molar-refractivity contribution in [2.45, 2.75) is 31.7 Å². The number of carbonyl (C=O) groups excluding carboxylic acids is 2. The minimum absolute atomic E-state index is 0.0464. The van der Waals surface area contributed by atoms with E-state index in [0.717, 1.165) is 24.1 Å². The molecule has 1 aliphatic heterocycles. The number of anilines is 1. The molecule has 0 saturated heterocycles. The number of aliphatic imine (C=N–C) groups is 1. The summed E-state index contributed by atoms with van der Waals surface area (Å²) < 4.78 is 0. The predicted molar refractivity (Wildman–Crippen MR) is 73.3 cm³/mol. The van der Waals surface area contributed by atoms with Crippen molar-refractivity contribution in [3.8, 4) is 0 Å². The monoisotopic (exact) mass is 256 g/mol. The predicted octanol–water partition coefficient (Wildman–Crippen LogP) is 2.51. The van der Waals surface area contributed by atoms with Crippen LogP contribution < -0.4 is 5.32 Å². The molecule has 1 aliphatic carbocycles. The lowest BCUT2D eigenvalue weighted by Crippen LogP contribution is -2.32. The normalized spacial score (nSPS) is 25.6. The van der Waals surface area contributed by atoms with Gasteiger partial charge >= 0.3 is 0 Å². The first-order valence-corrected chi connectivity index (χ1v) is 6.71. The van der Waals surface area contributed by atoms with E-state index in [0.29, 0.717) is 12.8 Å². The van der Waals surface area contributed by atoms with Crippen LogP contribution in [-0.4, -0.2) is 17.9 Å². The number of fused-ring (bicyclic) bond motifs is 1. The second-order valence-electron chi connectivity index (χ2n) is 5.08. The summed E-state index contributed by atoms with van der Waals surface area (Å²) in [5.74, 6) is -0.417.